The van der Waals surface area contributed by atoms with Gasteiger partial charge in [-0.3, -0.25) is 14.5 Å². The molecule has 6 nitrogen and oxygen atoms in total. The Morgan fingerprint density at radius 1 is 1.18 bits per heavy atom. The molecule has 152 valence electrons. The number of carbonyl (C=O) groups is 2. The minimum atomic E-state index is -0.323. The first kappa shape index (κ1) is 19.7. The molecule has 0 saturated carbocycles. The summed E-state index contributed by atoms with van der Waals surface area (Å²) < 4.78 is 5.26. The van der Waals surface area contributed by atoms with E-state index in [-0.39, 0.29) is 22.6 Å². The zero-order valence-corrected chi connectivity index (χ0v) is 17.1. The Bertz CT molecular complexity index is 746. The highest BCUT2D eigenvalue weighted by atomic mass is 35.5. The van der Waals surface area contributed by atoms with E-state index >= 15 is 0 Å². The van der Waals surface area contributed by atoms with Gasteiger partial charge in [-0.25, -0.2) is 0 Å². The van der Waals surface area contributed by atoms with Crippen molar-refractivity contribution in [2.75, 3.05) is 53.0 Å². The van der Waals surface area contributed by atoms with Crippen molar-refractivity contribution >= 4 is 23.4 Å². The number of nitrogens with one attached hydrogen (secondary N) is 1. The maximum Gasteiger partial charge on any atom is 0.253 e. The van der Waals surface area contributed by atoms with Crippen molar-refractivity contribution in [2.45, 2.75) is 19.3 Å². The molecule has 1 aromatic carbocycles. The molecule has 3 aliphatic rings. The van der Waals surface area contributed by atoms with Crippen molar-refractivity contribution in [1.82, 2.24) is 15.1 Å². The molecule has 1 aromatic rings. The fourth-order valence-electron chi connectivity index (χ4n) is 5.44. The van der Waals surface area contributed by atoms with Crippen LogP contribution in [0.2, 0.25) is 5.02 Å². The molecule has 2 spiro atoms. The van der Waals surface area contributed by atoms with Crippen molar-refractivity contribution in [3.8, 4) is 0 Å². The van der Waals surface area contributed by atoms with Crippen molar-refractivity contribution in [1.29, 1.82) is 0 Å². The molecule has 3 heterocycles. The summed E-state index contributed by atoms with van der Waals surface area (Å²) in [5.41, 5.74) is 0.288. The highest BCUT2D eigenvalue weighted by Gasteiger charge is 2.63. The summed E-state index contributed by atoms with van der Waals surface area (Å²) in [5, 5.41) is 3.71. The van der Waals surface area contributed by atoms with Gasteiger partial charge in [-0.05, 0) is 43.5 Å². The Balaban J connectivity index is 1.50. The predicted molar refractivity (Wildman–Crippen MR) is 107 cm³/mol. The van der Waals surface area contributed by atoms with Gasteiger partial charge in [0.15, 0.2) is 0 Å². The fraction of sp³-hybridized carbons (Fsp3) is 0.619. The first-order valence-electron chi connectivity index (χ1n) is 10.0. The van der Waals surface area contributed by atoms with Gasteiger partial charge in [0.25, 0.3) is 5.91 Å². The van der Waals surface area contributed by atoms with Crippen molar-refractivity contribution in [3.05, 3.63) is 34.9 Å². The summed E-state index contributed by atoms with van der Waals surface area (Å²) in [6.07, 6.45) is 2.62. The molecule has 28 heavy (non-hydrogen) atoms. The number of piperidine rings is 1. The van der Waals surface area contributed by atoms with E-state index in [0.717, 1.165) is 45.4 Å². The van der Waals surface area contributed by atoms with Gasteiger partial charge < -0.3 is 15.0 Å². The SMILES string of the molecule is COCCN1CC2(CCN(C(=O)c3ccc(Cl)cc3)CC2)[C@@]2(CCNC2=O)C1. The highest BCUT2D eigenvalue weighted by molar-refractivity contribution is 6.30. The number of benzene rings is 1. The lowest BCUT2D eigenvalue weighted by Crippen LogP contribution is -2.53. The van der Waals surface area contributed by atoms with E-state index in [2.05, 4.69) is 10.2 Å². The van der Waals surface area contributed by atoms with E-state index in [4.69, 9.17) is 16.3 Å². The van der Waals surface area contributed by atoms with Crippen LogP contribution >= 0.6 is 11.6 Å². The van der Waals surface area contributed by atoms with Crippen molar-refractivity contribution < 1.29 is 14.3 Å². The van der Waals surface area contributed by atoms with Gasteiger partial charge in [-0.2, -0.15) is 0 Å². The van der Waals surface area contributed by atoms with Gasteiger partial charge in [0.1, 0.15) is 0 Å². The van der Waals surface area contributed by atoms with E-state index in [1.807, 2.05) is 4.90 Å². The molecule has 0 bridgehead atoms. The van der Waals surface area contributed by atoms with Gasteiger partial charge in [-0.15, -0.1) is 0 Å². The minimum Gasteiger partial charge on any atom is -0.383 e. The van der Waals surface area contributed by atoms with Crippen LogP contribution in [-0.4, -0.2) is 74.6 Å². The number of halogens is 1. The molecule has 1 atom stereocenters. The van der Waals surface area contributed by atoms with Crippen LogP contribution in [-0.2, 0) is 9.53 Å². The monoisotopic (exact) mass is 405 g/mol. The minimum absolute atomic E-state index is 0.0469. The molecule has 0 unspecified atom stereocenters. The first-order chi connectivity index (χ1) is 13.5. The number of methoxy groups -OCH3 is 1. The van der Waals surface area contributed by atoms with E-state index in [0.29, 0.717) is 30.3 Å². The zero-order chi connectivity index (χ0) is 19.8. The third-order valence-corrected chi connectivity index (χ3v) is 7.27. The van der Waals surface area contributed by atoms with Crippen LogP contribution in [0.15, 0.2) is 24.3 Å². The summed E-state index contributed by atoms with van der Waals surface area (Å²) in [7, 11) is 1.71. The number of fused-ring (bicyclic) bond motifs is 1. The summed E-state index contributed by atoms with van der Waals surface area (Å²) in [6, 6.07) is 7.07. The fourth-order valence-corrected chi connectivity index (χ4v) is 5.57. The molecular weight excluding hydrogens is 378 g/mol. The highest BCUT2D eigenvalue weighted by Crippen LogP contribution is 2.56. The second-order valence-electron chi connectivity index (χ2n) is 8.37. The topological polar surface area (TPSA) is 61.9 Å². The van der Waals surface area contributed by atoms with Crippen LogP contribution in [0, 0.1) is 10.8 Å². The molecule has 3 fully saturated rings. The molecule has 0 aromatic heterocycles. The number of ether oxygens (including phenoxy) is 1. The van der Waals surface area contributed by atoms with E-state index in [1.54, 1.807) is 31.4 Å². The molecule has 0 radical (unpaired) electrons. The van der Waals surface area contributed by atoms with Crippen LogP contribution in [0.5, 0.6) is 0 Å². The molecule has 7 heteroatoms. The molecule has 1 N–H and O–H groups in total. The third kappa shape index (κ3) is 3.21. The average molecular weight is 406 g/mol. The second kappa shape index (κ2) is 7.65. The molecular formula is C21H28ClN3O3. The second-order valence-corrected chi connectivity index (χ2v) is 8.81. The number of likely N-dealkylation sites (tertiary alicyclic amines) is 2. The van der Waals surface area contributed by atoms with E-state index < -0.39 is 0 Å². The quantitative estimate of drug-likeness (QED) is 0.832. The van der Waals surface area contributed by atoms with Crippen LogP contribution in [0.3, 0.4) is 0 Å². The Hall–Kier alpha value is -1.63. The Morgan fingerprint density at radius 3 is 2.50 bits per heavy atom. The lowest BCUT2D eigenvalue weighted by atomic mass is 9.60. The van der Waals surface area contributed by atoms with Gasteiger partial charge in [0.2, 0.25) is 5.91 Å². The Morgan fingerprint density at radius 2 is 1.89 bits per heavy atom. The summed E-state index contributed by atoms with van der Waals surface area (Å²) in [4.78, 5) is 30.1. The molecule has 3 saturated heterocycles. The normalized spacial score (nSPS) is 26.9. The summed E-state index contributed by atoms with van der Waals surface area (Å²) in [5.74, 6) is 0.246. The first-order valence-corrected chi connectivity index (χ1v) is 10.4. The van der Waals surface area contributed by atoms with E-state index in [9.17, 15) is 9.59 Å². The summed E-state index contributed by atoms with van der Waals surface area (Å²) >= 11 is 5.94. The van der Waals surface area contributed by atoms with Gasteiger partial charge in [0.05, 0.1) is 12.0 Å². The number of hydrogen-bond donors (Lipinski definition) is 1. The molecule has 3 aliphatic heterocycles. The molecule has 2 amide bonds. The van der Waals surface area contributed by atoms with Crippen LogP contribution in [0.25, 0.3) is 0 Å². The number of nitrogens with zero attached hydrogens (tertiary/aromatic N) is 2. The van der Waals surface area contributed by atoms with Crippen molar-refractivity contribution in [2.24, 2.45) is 10.8 Å². The van der Waals surface area contributed by atoms with Gasteiger partial charge >= 0.3 is 0 Å². The van der Waals surface area contributed by atoms with Crippen LogP contribution < -0.4 is 5.32 Å². The third-order valence-electron chi connectivity index (χ3n) is 7.02. The molecule has 0 aliphatic carbocycles. The zero-order valence-electron chi connectivity index (χ0n) is 16.4. The maximum absolute atomic E-state index is 12.9. The van der Waals surface area contributed by atoms with Crippen molar-refractivity contribution in [3.63, 3.8) is 0 Å². The largest absolute Gasteiger partial charge is 0.383 e. The van der Waals surface area contributed by atoms with Crippen LogP contribution in [0.4, 0.5) is 0 Å². The van der Waals surface area contributed by atoms with E-state index in [1.165, 1.54) is 0 Å². The average Bonchev–Trinajstić information content (AvgIpc) is 3.22. The van der Waals surface area contributed by atoms with Gasteiger partial charge in [-0.1, -0.05) is 11.6 Å². The van der Waals surface area contributed by atoms with Crippen LogP contribution in [0.1, 0.15) is 29.6 Å². The number of carbonyl (C=O) groups excluding carboxylic acids is 2. The standard InChI is InChI=1S/C21H28ClN3O3/c1-28-13-12-24-14-20(21(15-24)6-9-23-19(21)27)7-10-25(11-8-20)18(26)16-2-4-17(22)5-3-16/h2-5H,6-15H2,1H3,(H,23,27)/t21-/m0/s1. The molecule has 4 rings (SSSR count). The smallest absolute Gasteiger partial charge is 0.253 e. The van der Waals surface area contributed by atoms with Gasteiger partial charge in [0, 0.05) is 62.4 Å². The number of amides is 2. The summed E-state index contributed by atoms with van der Waals surface area (Å²) in [6.45, 7) is 5.37. The lowest BCUT2D eigenvalue weighted by Gasteiger charge is -2.46. The number of hydrogen-bond acceptors (Lipinski definition) is 4. The Kier molecular flexibility index (Phi) is 5.38. The predicted octanol–water partition coefficient (Wildman–Crippen LogP) is 2.03. The lowest BCUT2D eigenvalue weighted by molar-refractivity contribution is -0.133. The maximum atomic E-state index is 12.9. The number of rotatable bonds is 4. The Labute approximate surface area is 171 Å².